The van der Waals surface area contributed by atoms with Crippen LogP contribution in [0.5, 0.6) is 0 Å². The van der Waals surface area contributed by atoms with E-state index in [-0.39, 0.29) is 12.1 Å². The lowest BCUT2D eigenvalue weighted by molar-refractivity contribution is 0.0677. The van der Waals surface area contributed by atoms with Crippen molar-refractivity contribution in [2.75, 3.05) is 19.9 Å². The van der Waals surface area contributed by atoms with Crippen molar-refractivity contribution in [2.45, 2.75) is 25.5 Å². The predicted octanol–water partition coefficient (Wildman–Crippen LogP) is 1.35. The Morgan fingerprint density at radius 3 is 2.80 bits per heavy atom. The molecule has 84 valence electrons. The van der Waals surface area contributed by atoms with E-state index in [9.17, 15) is 0 Å². The number of ether oxygens (including phenoxy) is 1. The fourth-order valence-corrected chi connectivity index (χ4v) is 1.77. The number of nitrogens with two attached hydrogens (primary N) is 1. The number of likely N-dealkylation sites (N-methyl/N-ethyl adjacent to an activating group) is 1. The second-order valence-corrected chi connectivity index (χ2v) is 3.43. The van der Waals surface area contributed by atoms with Gasteiger partial charge in [0.25, 0.3) is 0 Å². The third kappa shape index (κ3) is 2.67. The minimum absolute atomic E-state index is 0.0914. The number of anilines is 1. The second-order valence-electron chi connectivity index (χ2n) is 3.43. The van der Waals surface area contributed by atoms with E-state index in [0.717, 1.165) is 12.0 Å². The van der Waals surface area contributed by atoms with E-state index < -0.39 is 0 Å². The van der Waals surface area contributed by atoms with Gasteiger partial charge in [-0.3, -0.25) is 0 Å². The average Bonchev–Trinajstić information content (AvgIpc) is 2.27. The topological polar surface area (TPSA) is 60.2 Å². The SMILES string of the molecule is CCC(OC)C(NC)c1cccnc1N. The molecule has 0 aromatic carbocycles. The van der Waals surface area contributed by atoms with Gasteiger partial charge in [0.2, 0.25) is 0 Å². The lowest BCUT2D eigenvalue weighted by atomic mass is 10.0. The van der Waals surface area contributed by atoms with E-state index >= 15 is 0 Å². The van der Waals surface area contributed by atoms with Crippen molar-refractivity contribution in [3.63, 3.8) is 0 Å². The molecule has 3 N–H and O–H groups in total. The van der Waals surface area contributed by atoms with Crippen molar-refractivity contribution in [1.82, 2.24) is 10.3 Å². The zero-order valence-corrected chi connectivity index (χ0v) is 9.53. The summed E-state index contributed by atoms with van der Waals surface area (Å²) in [6.45, 7) is 2.09. The molecule has 0 fully saturated rings. The van der Waals surface area contributed by atoms with Gasteiger partial charge in [-0.2, -0.15) is 0 Å². The van der Waals surface area contributed by atoms with Crippen molar-refractivity contribution < 1.29 is 4.74 Å². The highest BCUT2D eigenvalue weighted by atomic mass is 16.5. The Morgan fingerprint density at radius 2 is 2.33 bits per heavy atom. The summed E-state index contributed by atoms with van der Waals surface area (Å²) < 4.78 is 5.42. The Hall–Kier alpha value is -1.13. The molecule has 4 nitrogen and oxygen atoms in total. The Labute approximate surface area is 90.8 Å². The first-order valence-electron chi connectivity index (χ1n) is 5.15. The number of hydrogen-bond acceptors (Lipinski definition) is 4. The highest BCUT2D eigenvalue weighted by molar-refractivity contribution is 5.41. The maximum atomic E-state index is 5.84. The molecule has 1 heterocycles. The predicted molar refractivity (Wildman–Crippen MR) is 61.5 cm³/mol. The molecule has 2 unspecified atom stereocenters. The molecule has 15 heavy (non-hydrogen) atoms. The van der Waals surface area contributed by atoms with Crippen LogP contribution in [-0.4, -0.2) is 25.2 Å². The van der Waals surface area contributed by atoms with Gasteiger partial charge in [-0.15, -0.1) is 0 Å². The second kappa shape index (κ2) is 5.68. The quantitative estimate of drug-likeness (QED) is 0.768. The summed E-state index contributed by atoms with van der Waals surface area (Å²) in [6.07, 6.45) is 2.73. The molecule has 0 aliphatic rings. The molecule has 0 aliphatic carbocycles. The Balaban J connectivity index is 2.96. The summed E-state index contributed by atoms with van der Waals surface area (Å²) in [4.78, 5) is 4.08. The summed E-state index contributed by atoms with van der Waals surface area (Å²) in [7, 11) is 3.61. The number of nitrogens with one attached hydrogen (secondary N) is 1. The molecule has 1 aromatic heterocycles. The van der Waals surface area contributed by atoms with E-state index in [1.807, 2.05) is 19.2 Å². The van der Waals surface area contributed by atoms with Gasteiger partial charge in [0.05, 0.1) is 12.1 Å². The number of methoxy groups -OCH3 is 1. The Bertz CT molecular complexity index is 300. The summed E-state index contributed by atoms with van der Waals surface area (Å²) in [5.41, 5.74) is 6.83. The number of rotatable bonds is 5. The van der Waals surface area contributed by atoms with Gasteiger partial charge in [0.1, 0.15) is 5.82 Å². The van der Waals surface area contributed by atoms with Gasteiger partial charge in [-0.1, -0.05) is 13.0 Å². The Kier molecular flexibility index (Phi) is 4.52. The maximum Gasteiger partial charge on any atom is 0.128 e. The monoisotopic (exact) mass is 209 g/mol. The van der Waals surface area contributed by atoms with E-state index in [0.29, 0.717) is 5.82 Å². The number of nitrogens with zero attached hydrogens (tertiary/aromatic N) is 1. The summed E-state index contributed by atoms with van der Waals surface area (Å²) >= 11 is 0. The van der Waals surface area contributed by atoms with Crippen LogP contribution < -0.4 is 11.1 Å². The first-order valence-corrected chi connectivity index (χ1v) is 5.15. The number of nitrogen functional groups attached to an aromatic ring is 1. The first-order chi connectivity index (χ1) is 7.24. The van der Waals surface area contributed by atoms with Crippen LogP contribution in [0.1, 0.15) is 24.9 Å². The standard InChI is InChI=1S/C11H19N3O/c1-4-9(15-3)10(13-2)8-6-5-7-14-11(8)12/h5-7,9-10,13H,4H2,1-3H3,(H2,12,14). The zero-order valence-electron chi connectivity index (χ0n) is 9.53. The lowest BCUT2D eigenvalue weighted by Crippen LogP contribution is -2.31. The summed E-state index contributed by atoms with van der Waals surface area (Å²) in [6, 6.07) is 3.96. The molecule has 0 radical (unpaired) electrons. The third-order valence-electron chi connectivity index (χ3n) is 2.59. The zero-order chi connectivity index (χ0) is 11.3. The van der Waals surface area contributed by atoms with Crippen molar-refractivity contribution in [3.8, 4) is 0 Å². The largest absolute Gasteiger partial charge is 0.383 e. The van der Waals surface area contributed by atoms with Crippen LogP contribution in [0.15, 0.2) is 18.3 Å². The van der Waals surface area contributed by atoms with Crippen LogP contribution in [-0.2, 0) is 4.74 Å². The summed E-state index contributed by atoms with van der Waals surface area (Å²) in [5.74, 6) is 0.562. The van der Waals surface area contributed by atoms with E-state index in [1.54, 1.807) is 13.3 Å². The van der Waals surface area contributed by atoms with Crippen molar-refractivity contribution in [2.24, 2.45) is 0 Å². The average molecular weight is 209 g/mol. The molecular weight excluding hydrogens is 190 g/mol. The van der Waals surface area contributed by atoms with Gasteiger partial charge >= 0.3 is 0 Å². The number of hydrogen-bond donors (Lipinski definition) is 2. The van der Waals surface area contributed by atoms with Crippen LogP contribution in [0.3, 0.4) is 0 Å². The van der Waals surface area contributed by atoms with Crippen molar-refractivity contribution in [3.05, 3.63) is 23.9 Å². The number of pyridine rings is 1. The molecule has 1 rings (SSSR count). The molecule has 0 bridgehead atoms. The van der Waals surface area contributed by atoms with Crippen molar-refractivity contribution >= 4 is 5.82 Å². The minimum atomic E-state index is 0.0914. The van der Waals surface area contributed by atoms with Crippen LogP contribution in [0.25, 0.3) is 0 Å². The molecule has 4 heteroatoms. The van der Waals surface area contributed by atoms with Gasteiger partial charge in [-0.25, -0.2) is 4.98 Å². The highest BCUT2D eigenvalue weighted by Crippen LogP contribution is 2.24. The van der Waals surface area contributed by atoms with Crippen LogP contribution in [0.2, 0.25) is 0 Å². The molecule has 0 amide bonds. The van der Waals surface area contributed by atoms with Crippen LogP contribution in [0.4, 0.5) is 5.82 Å². The third-order valence-corrected chi connectivity index (χ3v) is 2.59. The fourth-order valence-electron chi connectivity index (χ4n) is 1.77. The summed E-state index contributed by atoms with van der Waals surface area (Å²) in [5, 5.41) is 3.22. The highest BCUT2D eigenvalue weighted by Gasteiger charge is 2.21. The van der Waals surface area contributed by atoms with Gasteiger partial charge in [0, 0.05) is 18.9 Å². The van der Waals surface area contributed by atoms with Gasteiger partial charge < -0.3 is 15.8 Å². The molecule has 0 spiro atoms. The fraction of sp³-hybridized carbons (Fsp3) is 0.545. The normalized spacial score (nSPS) is 14.9. The first kappa shape index (κ1) is 11.9. The smallest absolute Gasteiger partial charge is 0.128 e. The minimum Gasteiger partial charge on any atom is -0.383 e. The van der Waals surface area contributed by atoms with E-state index in [1.165, 1.54) is 0 Å². The molecular formula is C11H19N3O. The lowest BCUT2D eigenvalue weighted by Gasteiger charge is -2.25. The molecule has 1 aromatic rings. The van der Waals surface area contributed by atoms with Gasteiger partial charge in [-0.05, 0) is 19.5 Å². The molecule has 0 saturated carbocycles. The van der Waals surface area contributed by atoms with E-state index in [4.69, 9.17) is 10.5 Å². The van der Waals surface area contributed by atoms with Crippen LogP contribution >= 0.6 is 0 Å². The Morgan fingerprint density at radius 1 is 1.60 bits per heavy atom. The van der Waals surface area contributed by atoms with Crippen LogP contribution in [0, 0.1) is 0 Å². The van der Waals surface area contributed by atoms with E-state index in [2.05, 4.69) is 17.2 Å². The molecule has 0 aliphatic heterocycles. The molecule has 0 saturated heterocycles. The van der Waals surface area contributed by atoms with Crippen molar-refractivity contribution in [1.29, 1.82) is 0 Å². The molecule has 2 atom stereocenters. The number of aromatic nitrogens is 1. The van der Waals surface area contributed by atoms with Gasteiger partial charge in [0.15, 0.2) is 0 Å². The maximum absolute atomic E-state index is 5.84.